The Morgan fingerprint density at radius 3 is 2.13 bits per heavy atom. The van der Waals surface area contributed by atoms with Gasteiger partial charge in [0.2, 0.25) is 0 Å². The summed E-state index contributed by atoms with van der Waals surface area (Å²) in [4.78, 5) is 27.6. The minimum Gasteiger partial charge on any atom is -0.350 e. The molecule has 3 aromatic rings. The number of hydrogen-bond acceptors (Lipinski definition) is 3. The lowest BCUT2D eigenvalue weighted by Gasteiger charge is -2.16. The summed E-state index contributed by atoms with van der Waals surface area (Å²) in [6.45, 7) is 3.81. The third-order valence-electron chi connectivity index (χ3n) is 5.01. The Bertz CT molecular complexity index is 1150. The van der Waals surface area contributed by atoms with Gasteiger partial charge in [-0.2, -0.15) is 0 Å². The molecule has 1 heterocycles. The Hall–Kier alpha value is -3.73. The van der Waals surface area contributed by atoms with Crippen molar-refractivity contribution in [3.05, 3.63) is 107 Å². The molecule has 0 aliphatic carbocycles. The lowest BCUT2D eigenvalue weighted by Crippen LogP contribution is -2.32. The Labute approximate surface area is 174 Å². The van der Waals surface area contributed by atoms with E-state index in [4.69, 9.17) is 0 Å². The number of benzene rings is 3. The standard InChI is InChI=1S/C25H21FN2O2/c1-16-12-17(2)14-20(13-16)27-23-22(18-8-4-3-5-9-18)24(29)28(25(23)30)15-19-10-6-7-11-21(19)26/h3-14,27H,15H2,1-2H3. The van der Waals surface area contributed by atoms with Crippen LogP contribution in [0.3, 0.4) is 0 Å². The molecule has 1 aliphatic rings. The molecule has 3 aromatic carbocycles. The van der Waals surface area contributed by atoms with Crippen LogP contribution in [0.25, 0.3) is 5.57 Å². The highest BCUT2D eigenvalue weighted by Crippen LogP contribution is 2.32. The molecule has 1 aliphatic heterocycles. The van der Waals surface area contributed by atoms with Crippen molar-refractivity contribution in [1.82, 2.24) is 4.90 Å². The summed E-state index contributed by atoms with van der Waals surface area (Å²) in [5.74, 6) is -1.36. The molecule has 0 radical (unpaired) electrons. The highest BCUT2D eigenvalue weighted by Gasteiger charge is 2.39. The number of imide groups is 1. The van der Waals surface area contributed by atoms with Gasteiger partial charge in [-0.3, -0.25) is 14.5 Å². The first-order valence-electron chi connectivity index (χ1n) is 9.68. The fraction of sp³-hybridized carbons (Fsp3) is 0.120. The predicted molar refractivity (Wildman–Crippen MR) is 115 cm³/mol. The Balaban J connectivity index is 1.76. The van der Waals surface area contributed by atoms with E-state index in [0.29, 0.717) is 11.1 Å². The zero-order valence-corrected chi connectivity index (χ0v) is 16.8. The summed E-state index contributed by atoms with van der Waals surface area (Å²) in [7, 11) is 0. The summed E-state index contributed by atoms with van der Waals surface area (Å²) in [5, 5.41) is 3.16. The van der Waals surface area contributed by atoms with Gasteiger partial charge in [0.25, 0.3) is 11.8 Å². The third-order valence-corrected chi connectivity index (χ3v) is 5.01. The second-order valence-corrected chi connectivity index (χ2v) is 7.41. The highest BCUT2D eigenvalue weighted by molar-refractivity contribution is 6.36. The molecule has 0 saturated heterocycles. The number of nitrogens with one attached hydrogen (secondary N) is 1. The Morgan fingerprint density at radius 1 is 0.833 bits per heavy atom. The number of aryl methyl sites for hydroxylation is 2. The first-order chi connectivity index (χ1) is 14.4. The number of halogens is 1. The van der Waals surface area contributed by atoms with E-state index in [1.165, 1.54) is 6.07 Å². The number of carbonyl (C=O) groups is 2. The van der Waals surface area contributed by atoms with Crippen LogP contribution in [0.15, 0.2) is 78.5 Å². The van der Waals surface area contributed by atoms with Gasteiger partial charge in [-0.25, -0.2) is 4.39 Å². The fourth-order valence-electron chi connectivity index (χ4n) is 3.70. The van der Waals surface area contributed by atoms with Crippen LogP contribution in [0, 0.1) is 19.7 Å². The first kappa shape index (κ1) is 19.6. The quantitative estimate of drug-likeness (QED) is 0.624. The molecule has 0 fully saturated rings. The number of rotatable bonds is 5. The van der Waals surface area contributed by atoms with Crippen molar-refractivity contribution in [2.24, 2.45) is 0 Å². The molecular weight excluding hydrogens is 379 g/mol. The van der Waals surface area contributed by atoms with E-state index < -0.39 is 17.6 Å². The maximum Gasteiger partial charge on any atom is 0.278 e. The largest absolute Gasteiger partial charge is 0.350 e. The molecule has 0 bridgehead atoms. The van der Waals surface area contributed by atoms with E-state index in [2.05, 4.69) is 5.32 Å². The first-order valence-corrected chi connectivity index (χ1v) is 9.68. The lowest BCUT2D eigenvalue weighted by molar-refractivity contribution is -0.137. The number of amides is 2. The zero-order chi connectivity index (χ0) is 21.3. The molecule has 0 saturated carbocycles. The normalized spacial score (nSPS) is 13.9. The Morgan fingerprint density at radius 2 is 1.47 bits per heavy atom. The summed E-state index contributed by atoms with van der Waals surface area (Å²) >= 11 is 0. The smallest absolute Gasteiger partial charge is 0.278 e. The van der Waals surface area contributed by atoms with Crippen molar-refractivity contribution >= 4 is 23.1 Å². The number of anilines is 1. The average Bonchev–Trinajstić information content (AvgIpc) is 2.94. The predicted octanol–water partition coefficient (Wildman–Crippen LogP) is 4.83. The SMILES string of the molecule is Cc1cc(C)cc(NC2=C(c3ccccc3)C(=O)N(Cc3ccccc3F)C2=O)c1. The topological polar surface area (TPSA) is 49.4 Å². The van der Waals surface area contributed by atoms with Crippen molar-refractivity contribution in [3.63, 3.8) is 0 Å². The Kier molecular flexibility index (Phi) is 5.19. The van der Waals surface area contributed by atoms with Crippen LogP contribution in [0.4, 0.5) is 10.1 Å². The minimum atomic E-state index is -0.471. The maximum atomic E-state index is 14.2. The second kappa shape index (κ2) is 7.95. The van der Waals surface area contributed by atoms with Crippen LogP contribution >= 0.6 is 0 Å². The van der Waals surface area contributed by atoms with Gasteiger partial charge in [-0.1, -0.05) is 54.6 Å². The summed E-state index contributed by atoms with van der Waals surface area (Å²) in [6, 6.07) is 21.1. The molecule has 30 heavy (non-hydrogen) atoms. The fourth-order valence-corrected chi connectivity index (χ4v) is 3.70. The summed E-state index contributed by atoms with van der Waals surface area (Å²) in [5.41, 5.74) is 4.23. The summed E-state index contributed by atoms with van der Waals surface area (Å²) in [6.07, 6.45) is 0. The average molecular weight is 400 g/mol. The molecule has 2 amide bonds. The highest BCUT2D eigenvalue weighted by atomic mass is 19.1. The molecular formula is C25H21FN2O2. The van der Waals surface area contributed by atoms with Crippen LogP contribution in [-0.2, 0) is 16.1 Å². The molecule has 4 nitrogen and oxygen atoms in total. The van der Waals surface area contributed by atoms with Crippen LogP contribution in [0.1, 0.15) is 22.3 Å². The van der Waals surface area contributed by atoms with Crippen molar-refractivity contribution in [1.29, 1.82) is 0 Å². The lowest BCUT2D eigenvalue weighted by atomic mass is 10.0. The van der Waals surface area contributed by atoms with Gasteiger partial charge >= 0.3 is 0 Å². The van der Waals surface area contributed by atoms with Crippen molar-refractivity contribution in [2.45, 2.75) is 20.4 Å². The molecule has 150 valence electrons. The van der Waals surface area contributed by atoms with Gasteiger partial charge in [0.15, 0.2) is 0 Å². The van der Waals surface area contributed by atoms with Crippen molar-refractivity contribution in [2.75, 3.05) is 5.32 Å². The maximum absolute atomic E-state index is 14.2. The molecule has 1 N–H and O–H groups in total. The number of nitrogens with zero attached hydrogens (tertiary/aromatic N) is 1. The van der Waals surface area contributed by atoms with Crippen LogP contribution in [0.2, 0.25) is 0 Å². The van der Waals surface area contributed by atoms with Gasteiger partial charge in [0, 0.05) is 11.3 Å². The van der Waals surface area contributed by atoms with E-state index in [-0.39, 0.29) is 17.8 Å². The second-order valence-electron chi connectivity index (χ2n) is 7.41. The van der Waals surface area contributed by atoms with Crippen molar-refractivity contribution < 1.29 is 14.0 Å². The van der Waals surface area contributed by atoms with Crippen LogP contribution < -0.4 is 5.32 Å². The molecule has 4 rings (SSSR count). The molecule has 0 unspecified atom stereocenters. The molecule has 0 aromatic heterocycles. The van der Waals surface area contributed by atoms with Gasteiger partial charge in [0.1, 0.15) is 11.5 Å². The monoisotopic (exact) mass is 400 g/mol. The molecule has 0 atom stereocenters. The molecule has 5 heteroatoms. The van der Waals surface area contributed by atoms with E-state index in [0.717, 1.165) is 21.7 Å². The number of carbonyl (C=O) groups excluding carboxylic acids is 2. The van der Waals surface area contributed by atoms with Crippen LogP contribution in [-0.4, -0.2) is 16.7 Å². The van der Waals surface area contributed by atoms with Gasteiger partial charge in [0.05, 0.1) is 12.1 Å². The van der Waals surface area contributed by atoms with Crippen molar-refractivity contribution in [3.8, 4) is 0 Å². The minimum absolute atomic E-state index is 0.126. The van der Waals surface area contributed by atoms with Gasteiger partial charge < -0.3 is 5.32 Å². The van der Waals surface area contributed by atoms with E-state index in [1.807, 2.05) is 50.2 Å². The summed E-state index contributed by atoms with van der Waals surface area (Å²) < 4.78 is 14.2. The van der Waals surface area contributed by atoms with E-state index >= 15 is 0 Å². The number of hydrogen-bond donors (Lipinski definition) is 1. The third kappa shape index (κ3) is 3.74. The van der Waals surface area contributed by atoms with E-state index in [9.17, 15) is 14.0 Å². The zero-order valence-electron chi connectivity index (χ0n) is 16.8. The van der Waals surface area contributed by atoms with Gasteiger partial charge in [-0.15, -0.1) is 0 Å². The van der Waals surface area contributed by atoms with E-state index in [1.54, 1.807) is 30.3 Å². The van der Waals surface area contributed by atoms with Gasteiger partial charge in [-0.05, 0) is 48.7 Å². The molecule has 0 spiro atoms. The van der Waals surface area contributed by atoms with Crippen LogP contribution in [0.5, 0.6) is 0 Å².